The molecule has 0 unspecified atom stereocenters. The number of methoxy groups -OCH3 is 1. The lowest BCUT2D eigenvalue weighted by Gasteiger charge is -2.04. The molecule has 0 spiro atoms. The van der Waals surface area contributed by atoms with Crippen molar-refractivity contribution in [3.8, 4) is 0 Å². The second-order valence-electron chi connectivity index (χ2n) is 3.97. The third kappa shape index (κ3) is 4.30. The molecule has 6 nitrogen and oxygen atoms in total. The van der Waals surface area contributed by atoms with Crippen LogP contribution in [-0.2, 0) is 18.3 Å². The van der Waals surface area contributed by atoms with Crippen molar-refractivity contribution >= 4 is 11.8 Å². The molecule has 102 valence electrons. The molecule has 2 heterocycles. The van der Waals surface area contributed by atoms with E-state index in [0.29, 0.717) is 11.8 Å². The molecule has 7 heteroatoms. The van der Waals surface area contributed by atoms with E-state index in [4.69, 9.17) is 4.74 Å². The van der Waals surface area contributed by atoms with E-state index in [0.717, 1.165) is 23.8 Å². The van der Waals surface area contributed by atoms with E-state index in [9.17, 15) is 0 Å². The van der Waals surface area contributed by atoms with Crippen molar-refractivity contribution in [2.24, 2.45) is 7.05 Å². The number of nitrogens with zero attached hydrogens (tertiary/aromatic N) is 4. The van der Waals surface area contributed by atoms with E-state index >= 15 is 0 Å². The van der Waals surface area contributed by atoms with Crippen LogP contribution in [0.3, 0.4) is 0 Å². The van der Waals surface area contributed by atoms with Gasteiger partial charge in [0.1, 0.15) is 0 Å². The molecule has 0 amide bonds. The third-order valence-corrected chi connectivity index (χ3v) is 3.42. The SMILES string of the molecule is COCCNCc1cnc(Sc2nccn2C)nc1. The zero-order chi connectivity index (χ0) is 13.5. The summed E-state index contributed by atoms with van der Waals surface area (Å²) in [6, 6.07) is 0. The smallest absolute Gasteiger partial charge is 0.195 e. The average Bonchev–Trinajstić information content (AvgIpc) is 2.82. The minimum Gasteiger partial charge on any atom is -0.383 e. The number of rotatable bonds is 7. The number of aromatic nitrogens is 4. The first kappa shape index (κ1) is 14.0. The van der Waals surface area contributed by atoms with Crippen molar-refractivity contribution in [3.63, 3.8) is 0 Å². The molecule has 2 aromatic heterocycles. The van der Waals surface area contributed by atoms with Crippen LogP contribution in [0.4, 0.5) is 0 Å². The number of nitrogens with one attached hydrogen (secondary N) is 1. The molecule has 0 aliphatic rings. The lowest BCUT2D eigenvalue weighted by atomic mass is 10.3. The number of aryl methyl sites for hydroxylation is 1. The maximum atomic E-state index is 4.96. The van der Waals surface area contributed by atoms with E-state index in [-0.39, 0.29) is 0 Å². The zero-order valence-corrected chi connectivity index (χ0v) is 11.9. The summed E-state index contributed by atoms with van der Waals surface area (Å²) < 4.78 is 6.90. The first-order valence-corrected chi connectivity index (χ1v) is 6.77. The predicted molar refractivity (Wildman–Crippen MR) is 72.9 cm³/mol. The van der Waals surface area contributed by atoms with Crippen LogP contribution in [0.15, 0.2) is 35.1 Å². The van der Waals surface area contributed by atoms with Gasteiger partial charge in [-0.15, -0.1) is 0 Å². The van der Waals surface area contributed by atoms with Crippen LogP contribution in [-0.4, -0.2) is 39.8 Å². The fourth-order valence-electron chi connectivity index (χ4n) is 1.43. The van der Waals surface area contributed by atoms with Gasteiger partial charge in [-0.1, -0.05) is 0 Å². The molecule has 0 saturated carbocycles. The molecule has 0 radical (unpaired) electrons. The Balaban J connectivity index is 1.86. The van der Waals surface area contributed by atoms with E-state index in [1.54, 1.807) is 13.3 Å². The van der Waals surface area contributed by atoms with E-state index in [1.165, 1.54) is 11.8 Å². The lowest BCUT2D eigenvalue weighted by molar-refractivity contribution is 0.199. The van der Waals surface area contributed by atoms with Gasteiger partial charge in [0.25, 0.3) is 0 Å². The van der Waals surface area contributed by atoms with E-state index in [1.807, 2.05) is 30.2 Å². The third-order valence-electron chi connectivity index (χ3n) is 2.45. The number of hydrogen-bond acceptors (Lipinski definition) is 6. The monoisotopic (exact) mass is 279 g/mol. The van der Waals surface area contributed by atoms with Crippen molar-refractivity contribution in [2.45, 2.75) is 16.9 Å². The standard InChI is InChI=1S/C12H17N5OS/c1-17-5-3-14-12(17)19-11-15-8-10(9-16-11)7-13-4-6-18-2/h3,5,8-9,13H,4,6-7H2,1-2H3. The largest absolute Gasteiger partial charge is 0.383 e. The van der Waals surface area contributed by atoms with Crippen LogP contribution in [0.25, 0.3) is 0 Å². The molecule has 0 fully saturated rings. The highest BCUT2D eigenvalue weighted by Crippen LogP contribution is 2.21. The minimum atomic E-state index is 0.702. The molecule has 0 aliphatic carbocycles. The molecule has 0 bridgehead atoms. The first-order chi connectivity index (χ1) is 9.29. The summed E-state index contributed by atoms with van der Waals surface area (Å²) in [5.41, 5.74) is 1.06. The Bertz CT molecular complexity index is 499. The van der Waals surface area contributed by atoms with Crippen molar-refractivity contribution in [1.82, 2.24) is 24.8 Å². The molecule has 19 heavy (non-hydrogen) atoms. The van der Waals surface area contributed by atoms with E-state index < -0.39 is 0 Å². The number of ether oxygens (including phenoxy) is 1. The van der Waals surface area contributed by atoms with Gasteiger partial charge in [-0.05, 0) is 11.8 Å². The maximum Gasteiger partial charge on any atom is 0.195 e. The van der Waals surface area contributed by atoms with Crippen LogP contribution in [0, 0.1) is 0 Å². The fraction of sp³-hybridized carbons (Fsp3) is 0.417. The lowest BCUT2D eigenvalue weighted by Crippen LogP contribution is -2.18. The van der Waals surface area contributed by atoms with Gasteiger partial charge in [0.05, 0.1) is 6.61 Å². The van der Waals surface area contributed by atoms with Crippen LogP contribution in [0.2, 0.25) is 0 Å². The highest BCUT2D eigenvalue weighted by atomic mass is 32.2. The van der Waals surface area contributed by atoms with Crippen molar-refractivity contribution < 1.29 is 4.74 Å². The molecule has 2 aromatic rings. The van der Waals surface area contributed by atoms with Crippen LogP contribution in [0.1, 0.15) is 5.56 Å². The molecule has 2 rings (SSSR count). The molecule has 1 N–H and O–H groups in total. The summed E-state index contributed by atoms with van der Waals surface area (Å²) in [7, 11) is 3.64. The summed E-state index contributed by atoms with van der Waals surface area (Å²) in [6.45, 7) is 2.27. The second-order valence-corrected chi connectivity index (χ2v) is 4.90. The zero-order valence-electron chi connectivity index (χ0n) is 11.0. The molecule has 0 saturated heterocycles. The maximum absolute atomic E-state index is 4.96. The number of imidazole rings is 1. The van der Waals surface area contributed by atoms with Gasteiger partial charge in [0.2, 0.25) is 0 Å². The molecular formula is C12H17N5OS. The first-order valence-electron chi connectivity index (χ1n) is 5.95. The Labute approximate surface area is 116 Å². The topological polar surface area (TPSA) is 64.9 Å². The van der Waals surface area contributed by atoms with Crippen molar-refractivity contribution in [1.29, 1.82) is 0 Å². The van der Waals surface area contributed by atoms with Crippen LogP contribution in [0.5, 0.6) is 0 Å². The normalized spacial score (nSPS) is 10.8. The number of hydrogen-bond donors (Lipinski definition) is 1. The molecule has 0 aliphatic heterocycles. The molecule has 0 atom stereocenters. The highest BCUT2D eigenvalue weighted by molar-refractivity contribution is 7.99. The minimum absolute atomic E-state index is 0.702. The molecule has 0 aromatic carbocycles. The van der Waals surface area contributed by atoms with Gasteiger partial charge in [-0.25, -0.2) is 15.0 Å². The average molecular weight is 279 g/mol. The van der Waals surface area contributed by atoms with Gasteiger partial charge in [0, 0.05) is 57.6 Å². The van der Waals surface area contributed by atoms with Gasteiger partial charge in [0.15, 0.2) is 10.3 Å². The summed E-state index contributed by atoms with van der Waals surface area (Å²) in [5.74, 6) is 0. The summed E-state index contributed by atoms with van der Waals surface area (Å²) in [4.78, 5) is 12.9. The van der Waals surface area contributed by atoms with Gasteiger partial charge >= 0.3 is 0 Å². The predicted octanol–water partition coefficient (Wildman–Crippen LogP) is 1.10. The van der Waals surface area contributed by atoms with Crippen LogP contribution >= 0.6 is 11.8 Å². The summed E-state index contributed by atoms with van der Waals surface area (Å²) in [5, 5.41) is 4.83. The van der Waals surface area contributed by atoms with Gasteiger partial charge < -0.3 is 14.6 Å². The summed E-state index contributed by atoms with van der Waals surface area (Å²) in [6.07, 6.45) is 7.32. The van der Waals surface area contributed by atoms with Crippen molar-refractivity contribution in [3.05, 3.63) is 30.4 Å². The Morgan fingerprint density at radius 1 is 1.32 bits per heavy atom. The Kier molecular flexibility index (Phi) is 5.31. The highest BCUT2D eigenvalue weighted by Gasteiger charge is 2.04. The van der Waals surface area contributed by atoms with Gasteiger partial charge in [-0.3, -0.25) is 0 Å². The molecular weight excluding hydrogens is 262 g/mol. The van der Waals surface area contributed by atoms with Crippen LogP contribution < -0.4 is 5.32 Å². The van der Waals surface area contributed by atoms with Crippen molar-refractivity contribution in [2.75, 3.05) is 20.3 Å². The Hall–Kier alpha value is -1.44. The summed E-state index contributed by atoms with van der Waals surface area (Å²) >= 11 is 1.45. The Morgan fingerprint density at radius 3 is 2.74 bits per heavy atom. The van der Waals surface area contributed by atoms with E-state index in [2.05, 4.69) is 20.3 Å². The van der Waals surface area contributed by atoms with Gasteiger partial charge in [-0.2, -0.15) is 0 Å². The Morgan fingerprint density at radius 2 is 2.11 bits per heavy atom. The quantitative estimate of drug-likeness (QED) is 0.605. The second kappa shape index (κ2) is 7.22. The fourth-order valence-corrected chi connectivity index (χ4v) is 2.12.